The van der Waals surface area contributed by atoms with Gasteiger partial charge in [-0.2, -0.15) is 5.10 Å². The van der Waals surface area contributed by atoms with E-state index in [1.165, 1.54) is 12.0 Å². The van der Waals surface area contributed by atoms with E-state index >= 15 is 0 Å². The first kappa shape index (κ1) is 12.6. The summed E-state index contributed by atoms with van der Waals surface area (Å²) >= 11 is 0. The Kier molecular flexibility index (Phi) is 4.57. The number of morpholine rings is 1. The van der Waals surface area contributed by atoms with Crippen molar-refractivity contribution in [2.45, 2.75) is 39.3 Å². The van der Waals surface area contributed by atoms with E-state index < -0.39 is 0 Å². The highest BCUT2D eigenvalue weighted by Crippen LogP contribution is 2.14. The Hall–Kier alpha value is -0.870. The Bertz CT molecular complexity index is 331. The molecular weight excluding hydrogens is 214 g/mol. The van der Waals surface area contributed by atoms with Crippen molar-refractivity contribution in [3.05, 3.63) is 18.0 Å². The van der Waals surface area contributed by atoms with Gasteiger partial charge in [0.1, 0.15) is 0 Å². The normalized spacial score (nSPS) is 22.6. The van der Waals surface area contributed by atoms with E-state index in [9.17, 15) is 0 Å². The summed E-state index contributed by atoms with van der Waals surface area (Å²) in [5.41, 5.74) is 1.34. The van der Waals surface area contributed by atoms with Crippen molar-refractivity contribution in [2.75, 3.05) is 19.8 Å². The summed E-state index contributed by atoms with van der Waals surface area (Å²) in [6.07, 6.45) is 6.43. The minimum Gasteiger partial charge on any atom is -0.379 e. The van der Waals surface area contributed by atoms with Gasteiger partial charge in [0.25, 0.3) is 0 Å². The predicted octanol–water partition coefficient (Wildman–Crippen LogP) is 1.46. The Morgan fingerprint density at radius 1 is 1.65 bits per heavy atom. The zero-order valence-corrected chi connectivity index (χ0v) is 10.9. The molecule has 0 aliphatic carbocycles. The topological polar surface area (TPSA) is 39.1 Å². The van der Waals surface area contributed by atoms with E-state index in [1.807, 2.05) is 10.9 Å². The summed E-state index contributed by atoms with van der Waals surface area (Å²) in [7, 11) is 0. The lowest BCUT2D eigenvalue weighted by Crippen LogP contribution is -2.42. The molecule has 1 aromatic rings. The molecule has 0 bridgehead atoms. The Balaban J connectivity index is 1.77. The van der Waals surface area contributed by atoms with Crippen molar-refractivity contribution in [3.63, 3.8) is 0 Å². The van der Waals surface area contributed by atoms with Gasteiger partial charge in [0.05, 0.1) is 19.4 Å². The lowest BCUT2D eigenvalue weighted by Gasteiger charge is -2.26. The van der Waals surface area contributed by atoms with Crippen molar-refractivity contribution in [3.8, 4) is 0 Å². The fraction of sp³-hybridized carbons (Fsp3) is 0.769. The third-order valence-corrected chi connectivity index (χ3v) is 3.28. The fourth-order valence-corrected chi connectivity index (χ4v) is 2.43. The fourth-order valence-electron chi connectivity index (χ4n) is 2.43. The van der Waals surface area contributed by atoms with Crippen LogP contribution >= 0.6 is 0 Å². The average molecular weight is 237 g/mol. The van der Waals surface area contributed by atoms with Crippen LogP contribution in [-0.2, 0) is 17.7 Å². The van der Waals surface area contributed by atoms with Gasteiger partial charge < -0.3 is 10.1 Å². The maximum absolute atomic E-state index is 5.48. The van der Waals surface area contributed by atoms with E-state index in [-0.39, 0.29) is 0 Å². The quantitative estimate of drug-likeness (QED) is 0.842. The zero-order chi connectivity index (χ0) is 12.1. The second-order valence-corrected chi connectivity index (χ2v) is 4.98. The molecule has 0 amide bonds. The van der Waals surface area contributed by atoms with E-state index in [1.54, 1.807) is 0 Å². The number of hydrogen-bond acceptors (Lipinski definition) is 3. The summed E-state index contributed by atoms with van der Waals surface area (Å²) in [6.45, 7) is 8.08. The van der Waals surface area contributed by atoms with Gasteiger partial charge in [-0.1, -0.05) is 6.92 Å². The average Bonchev–Trinajstić information content (AvgIpc) is 2.78. The third-order valence-electron chi connectivity index (χ3n) is 3.28. The standard InChI is InChI=1S/C13H23N3O/c1-3-16-9-12(8-15-16)6-11(2)7-13-10-17-5-4-14-13/h8-9,11,13-14H,3-7,10H2,1-2H3. The van der Waals surface area contributed by atoms with E-state index in [2.05, 4.69) is 30.5 Å². The summed E-state index contributed by atoms with van der Waals surface area (Å²) in [4.78, 5) is 0. The number of rotatable bonds is 5. The maximum Gasteiger partial charge on any atom is 0.0620 e. The molecule has 1 aromatic heterocycles. The van der Waals surface area contributed by atoms with Gasteiger partial charge in [0, 0.05) is 25.3 Å². The molecule has 0 radical (unpaired) electrons. The third kappa shape index (κ3) is 3.82. The summed E-state index contributed by atoms with van der Waals surface area (Å²) in [6, 6.07) is 0.528. The highest BCUT2D eigenvalue weighted by atomic mass is 16.5. The minimum atomic E-state index is 0.528. The smallest absolute Gasteiger partial charge is 0.0620 e. The molecule has 0 aromatic carbocycles. The van der Waals surface area contributed by atoms with Crippen molar-refractivity contribution in [1.82, 2.24) is 15.1 Å². The minimum absolute atomic E-state index is 0.528. The first-order chi connectivity index (χ1) is 8.28. The molecule has 1 saturated heterocycles. The van der Waals surface area contributed by atoms with E-state index in [4.69, 9.17) is 4.74 Å². The molecule has 1 fully saturated rings. The van der Waals surface area contributed by atoms with Gasteiger partial charge in [-0.3, -0.25) is 4.68 Å². The highest BCUT2D eigenvalue weighted by molar-refractivity contribution is 5.04. The molecule has 2 unspecified atom stereocenters. The van der Waals surface area contributed by atoms with Gasteiger partial charge in [0.15, 0.2) is 0 Å². The van der Waals surface area contributed by atoms with E-state index in [0.717, 1.165) is 32.7 Å². The largest absolute Gasteiger partial charge is 0.379 e. The van der Waals surface area contributed by atoms with Crippen molar-refractivity contribution in [2.24, 2.45) is 5.92 Å². The van der Waals surface area contributed by atoms with Crippen LogP contribution in [0.25, 0.3) is 0 Å². The molecule has 2 heterocycles. The summed E-state index contributed by atoms with van der Waals surface area (Å²) < 4.78 is 7.47. The summed E-state index contributed by atoms with van der Waals surface area (Å²) in [5.74, 6) is 0.670. The zero-order valence-electron chi connectivity index (χ0n) is 10.9. The van der Waals surface area contributed by atoms with Crippen LogP contribution in [0.2, 0.25) is 0 Å². The number of aromatic nitrogens is 2. The van der Waals surface area contributed by atoms with Gasteiger partial charge in [-0.15, -0.1) is 0 Å². The molecule has 1 aliphatic heterocycles. The van der Waals surface area contributed by atoms with Crippen LogP contribution in [0.5, 0.6) is 0 Å². The predicted molar refractivity (Wildman–Crippen MR) is 68.0 cm³/mol. The van der Waals surface area contributed by atoms with Gasteiger partial charge in [-0.05, 0) is 31.2 Å². The van der Waals surface area contributed by atoms with E-state index in [0.29, 0.717) is 12.0 Å². The molecular formula is C13H23N3O. The molecule has 1 aliphatic rings. The second-order valence-electron chi connectivity index (χ2n) is 4.98. The van der Waals surface area contributed by atoms with Crippen LogP contribution < -0.4 is 5.32 Å². The Labute approximate surface area is 103 Å². The SMILES string of the molecule is CCn1cc(CC(C)CC2COCCN2)cn1. The van der Waals surface area contributed by atoms with Crippen molar-refractivity contribution >= 4 is 0 Å². The maximum atomic E-state index is 5.48. The Morgan fingerprint density at radius 3 is 3.18 bits per heavy atom. The Morgan fingerprint density at radius 2 is 2.53 bits per heavy atom. The molecule has 0 spiro atoms. The van der Waals surface area contributed by atoms with Crippen LogP contribution in [0.15, 0.2) is 12.4 Å². The van der Waals surface area contributed by atoms with Crippen LogP contribution in [0, 0.1) is 5.92 Å². The lowest BCUT2D eigenvalue weighted by atomic mass is 9.96. The molecule has 96 valence electrons. The van der Waals surface area contributed by atoms with Crippen LogP contribution in [0.1, 0.15) is 25.8 Å². The molecule has 1 N–H and O–H groups in total. The van der Waals surface area contributed by atoms with Crippen LogP contribution in [0.3, 0.4) is 0 Å². The second kappa shape index (κ2) is 6.17. The molecule has 17 heavy (non-hydrogen) atoms. The first-order valence-corrected chi connectivity index (χ1v) is 6.60. The number of aryl methyl sites for hydroxylation is 1. The van der Waals surface area contributed by atoms with Crippen molar-refractivity contribution in [1.29, 1.82) is 0 Å². The monoisotopic (exact) mass is 237 g/mol. The van der Waals surface area contributed by atoms with Crippen LogP contribution in [-0.4, -0.2) is 35.6 Å². The first-order valence-electron chi connectivity index (χ1n) is 6.60. The number of nitrogens with one attached hydrogen (secondary N) is 1. The molecule has 0 saturated carbocycles. The molecule has 4 heteroatoms. The summed E-state index contributed by atoms with van der Waals surface area (Å²) in [5, 5.41) is 7.82. The van der Waals surface area contributed by atoms with Gasteiger partial charge in [0.2, 0.25) is 0 Å². The van der Waals surface area contributed by atoms with Gasteiger partial charge >= 0.3 is 0 Å². The number of ether oxygens (including phenoxy) is 1. The number of hydrogen-bond donors (Lipinski definition) is 1. The number of nitrogens with zero attached hydrogens (tertiary/aromatic N) is 2. The lowest BCUT2D eigenvalue weighted by molar-refractivity contribution is 0.0694. The highest BCUT2D eigenvalue weighted by Gasteiger charge is 2.16. The molecule has 4 nitrogen and oxygen atoms in total. The van der Waals surface area contributed by atoms with Crippen LogP contribution in [0.4, 0.5) is 0 Å². The molecule has 2 atom stereocenters. The van der Waals surface area contributed by atoms with Gasteiger partial charge in [-0.25, -0.2) is 0 Å². The molecule has 2 rings (SSSR count). The van der Waals surface area contributed by atoms with Crippen molar-refractivity contribution < 1.29 is 4.74 Å².